The van der Waals surface area contributed by atoms with Gasteiger partial charge in [0.25, 0.3) is 0 Å². The average molecular weight is 312 g/mol. The number of ether oxygens (including phenoxy) is 1. The van der Waals surface area contributed by atoms with Gasteiger partial charge in [-0.3, -0.25) is 4.79 Å². The lowest BCUT2D eigenvalue weighted by Crippen LogP contribution is -2.11. The van der Waals surface area contributed by atoms with Crippen molar-refractivity contribution in [2.24, 2.45) is 0 Å². The molecule has 0 saturated carbocycles. The topological polar surface area (TPSA) is 106 Å². The Balaban J connectivity index is 1.65. The first kappa shape index (κ1) is 14.6. The van der Waals surface area contributed by atoms with Crippen LogP contribution in [0.1, 0.15) is 10.4 Å². The van der Waals surface area contributed by atoms with Gasteiger partial charge in [0.05, 0.1) is 5.56 Å². The normalized spacial score (nSPS) is 10.4. The monoisotopic (exact) mass is 312 g/mol. The molecule has 0 aliphatic heterocycles. The van der Waals surface area contributed by atoms with Crippen LogP contribution in [0.3, 0.4) is 0 Å². The van der Waals surface area contributed by atoms with Crippen molar-refractivity contribution in [3.05, 3.63) is 54.4 Å². The molecule has 0 aliphatic carbocycles. The molecule has 7 nitrogen and oxygen atoms in total. The number of Topliss-reactive ketones (excluding diaryl/α,β-unsaturated/α-hetero) is 1. The largest absolute Gasteiger partial charge is 0.508 e. The molecular weight excluding hydrogens is 300 g/mol. The molecule has 2 N–H and O–H groups in total. The molecule has 3 aromatic rings. The zero-order chi connectivity index (χ0) is 16.2. The number of phenols is 2. The molecule has 0 spiro atoms. The summed E-state index contributed by atoms with van der Waals surface area (Å²) in [4.78, 5) is 12.0. The van der Waals surface area contributed by atoms with Crippen molar-refractivity contribution in [1.29, 1.82) is 0 Å². The second kappa shape index (κ2) is 6.18. The highest BCUT2D eigenvalue weighted by atomic mass is 16.5. The molecule has 0 bridgehead atoms. The predicted octanol–water partition coefficient (Wildman–Crippen LogP) is 2.41. The van der Waals surface area contributed by atoms with Crippen molar-refractivity contribution < 1.29 is 24.2 Å². The van der Waals surface area contributed by atoms with Crippen LogP contribution in [0.4, 0.5) is 0 Å². The van der Waals surface area contributed by atoms with Gasteiger partial charge in [0.2, 0.25) is 18.1 Å². The van der Waals surface area contributed by atoms with E-state index in [4.69, 9.17) is 9.15 Å². The summed E-state index contributed by atoms with van der Waals surface area (Å²) < 4.78 is 10.5. The van der Waals surface area contributed by atoms with E-state index in [0.29, 0.717) is 11.6 Å². The van der Waals surface area contributed by atoms with Crippen LogP contribution in [-0.2, 0) is 0 Å². The van der Waals surface area contributed by atoms with Crippen molar-refractivity contribution in [2.75, 3.05) is 6.61 Å². The van der Waals surface area contributed by atoms with Gasteiger partial charge < -0.3 is 19.4 Å². The quantitative estimate of drug-likeness (QED) is 0.697. The number of carbonyl (C=O) groups excluding carboxylic acids is 1. The van der Waals surface area contributed by atoms with Crippen LogP contribution in [0.25, 0.3) is 11.5 Å². The number of benzene rings is 2. The summed E-state index contributed by atoms with van der Waals surface area (Å²) in [7, 11) is 0. The fourth-order valence-electron chi connectivity index (χ4n) is 1.98. The summed E-state index contributed by atoms with van der Waals surface area (Å²) in [5, 5.41) is 26.2. The van der Waals surface area contributed by atoms with Crippen LogP contribution in [0, 0.1) is 0 Å². The summed E-state index contributed by atoms with van der Waals surface area (Å²) in [5.74, 6) is 0.0759. The van der Waals surface area contributed by atoms with Gasteiger partial charge in [-0.2, -0.15) is 0 Å². The first-order valence-electron chi connectivity index (χ1n) is 6.68. The Bertz CT molecular complexity index is 813. The van der Waals surface area contributed by atoms with E-state index in [-0.39, 0.29) is 23.7 Å². The second-order valence-electron chi connectivity index (χ2n) is 4.68. The minimum atomic E-state index is -0.400. The SMILES string of the molecule is O=C(COc1ccc(-c2nnco2)cc1)c1ccc(O)cc1O. The van der Waals surface area contributed by atoms with Gasteiger partial charge in [0.15, 0.2) is 6.61 Å². The van der Waals surface area contributed by atoms with E-state index in [1.807, 2.05) is 0 Å². The Morgan fingerprint density at radius 2 is 1.91 bits per heavy atom. The highest BCUT2D eigenvalue weighted by molar-refractivity contribution is 5.99. The highest BCUT2D eigenvalue weighted by Crippen LogP contribution is 2.24. The molecule has 0 aliphatic rings. The Hall–Kier alpha value is -3.35. The number of hydrogen-bond acceptors (Lipinski definition) is 7. The number of ketones is 1. The summed E-state index contributed by atoms with van der Waals surface area (Å²) in [6.45, 7) is -0.238. The third-order valence-electron chi connectivity index (χ3n) is 3.11. The minimum absolute atomic E-state index is 0.0882. The van der Waals surface area contributed by atoms with Gasteiger partial charge in [-0.25, -0.2) is 0 Å². The molecule has 0 amide bonds. The van der Waals surface area contributed by atoms with Crippen LogP contribution in [0.5, 0.6) is 17.2 Å². The summed E-state index contributed by atoms with van der Waals surface area (Å²) in [6.07, 6.45) is 1.24. The Morgan fingerprint density at radius 1 is 1.13 bits per heavy atom. The lowest BCUT2D eigenvalue weighted by Gasteiger charge is -2.07. The zero-order valence-corrected chi connectivity index (χ0v) is 11.8. The van der Waals surface area contributed by atoms with Gasteiger partial charge in [-0.1, -0.05) is 0 Å². The third-order valence-corrected chi connectivity index (χ3v) is 3.11. The second-order valence-corrected chi connectivity index (χ2v) is 4.68. The standard InChI is InChI=1S/C16H12N2O5/c19-11-3-6-13(14(20)7-11)15(21)8-22-12-4-1-10(2-5-12)16-18-17-9-23-16/h1-7,9,19-20H,8H2. The summed E-state index contributed by atoms with van der Waals surface area (Å²) in [5.41, 5.74) is 0.822. The molecule has 1 aromatic heterocycles. The number of nitrogens with zero attached hydrogens (tertiary/aromatic N) is 2. The number of hydrogen-bond donors (Lipinski definition) is 2. The lowest BCUT2D eigenvalue weighted by molar-refractivity contribution is 0.0919. The number of rotatable bonds is 5. The van der Waals surface area contributed by atoms with E-state index >= 15 is 0 Å². The van der Waals surface area contributed by atoms with Gasteiger partial charge in [-0.05, 0) is 36.4 Å². The molecule has 0 atom stereocenters. The van der Waals surface area contributed by atoms with Crippen LogP contribution >= 0.6 is 0 Å². The maximum absolute atomic E-state index is 12.0. The summed E-state index contributed by atoms with van der Waals surface area (Å²) >= 11 is 0. The molecule has 23 heavy (non-hydrogen) atoms. The fraction of sp³-hybridized carbons (Fsp3) is 0.0625. The molecule has 7 heteroatoms. The number of aromatic nitrogens is 2. The van der Waals surface area contributed by atoms with Crippen molar-refractivity contribution in [1.82, 2.24) is 10.2 Å². The molecule has 116 valence electrons. The molecule has 0 radical (unpaired) electrons. The van der Waals surface area contributed by atoms with Crippen LogP contribution < -0.4 is 4.74 Å². The molecule has 3 rings (SSSR count). The van der Waals surface area contributed by atoms with Crippen molar-refractivity contribution >= 4 is 5.78 Å². The van der Waals surface area contributed by atoms with Gasteiger partial charge >= 0.3 is 0 Å². The average Bonchev–Trinajstić information content (AvgIpc) is 3.07. The van der Waals surface area contributed by atoms with E-state index in [0.717, 1.165) is 11.6 Å². The van der Waals surface area contributed by atoms with E-state index in [1.165, 1.54) is 18.5 Å². The molecule has 0 saturated heterocycles. The molecular formula is C16H12N2O5. The number of phenolic OH excluding ortho intramolecular Hbond substituents is 2. The molecule has 0 unspecified atom stereocenters. The maximum Gasteiger partial charge on any atom is 0.247 e. The van der Waals surface area contributed by atoms with Crippen LogP contribution in [-0.4, -0.2) is 32.8 Å². The van der Waals surface area contributed by atoms with Gasteiger partial charge in [0.1, 0.15) is 17.2 Å². The van der Waals surface area contributed by atoms with Crippen molar-refractivity contribution in [2.45, 2.75) is 0 Å². The van der Waals surface area contributed by atoms with E-state index in [1.54, 1.807) is 24.3 Å². The minimum Gasteiger partial charge on any atom is -0.508 e. The summed E-state index contributed by atoms with van der Waals surface area (Å²) in [6, 6.07) is 10.6. The lowest BCUT2D eigenvalue weighted by atomic mass is 10.1. The van der Waals surface area contributed by atoms with E-state index in [9.17, 15) is 15.0 Å². The smallest absolute Gasteiger partial charge is 0.247 e. The molecule has 0 fully saturated rings. The van der Waals surface area contributed by atoms with E-state index in [2.05, 4.69) is 10.2 Å². The first-order valence-corrected chi connectivity index (χ1v) is 6.68. The fourth-order valence-corrected chi connectivity index (χ4v) is 1.98. The Kier molecular flexibility index (Phi) is 3.92. The van der Waals surface area contributed by atoms with Crippen LogP contribution in [0.15, 0.2) is 53.3 Å². The third kappa shape index (κ3) is 3.29. The first-order chi connectivity index (χ1) is 11.1. The predicted molar refractivity (Wildman–Crippen MR) is 79.3 cm³/mol. The number of aromatic hydroxyl groups is 2. The molecule has 1 heterocycles. The van der Waals surface area contributed by atoms with Crippen molar-refractivity contribution in [3.8, 4) is 28.7 Å². The van der Waals surface area contributed by atoms with Crippen molar-refractivity contribution in [3.63, 3.8) is 0 Å². The van der Waals surface area contributed by atoms with E-state index < -0.39 is 5.78 Å². The zero-order valence-electron chi connectivity index (χ0n) is 11.8. The number of carbonyl (C=O) groups is 1. The Labute approximate surface area is 130 Å². The Morgan fingerprint density at radius 3 is 2.57 bits per heavy atom. The molecule has 2 aromatic carbocycles. The van der Waals surface area contributed by atoms with Gasteiger partial charge in [-0.15, -0.1) is 10.2 Å². The highest BCUT2D eigenvalue weighted by Gasteiger charge is 2.12. The van der Waals surface area contributed by atoms with Gasteiger partial charge in [0, 0.05) is 11.6 Å². The maximum atomic E-state index is 12.0. The van der Waals surface area contributed by atoms with Crippen LogP contribution in [0.2, 0.25) is 0 Å².